The Morgan fingerprint density at radius 2 is 2.06 bits per heavy atom. The number of hydrogen-bond acceptors (Lipinski definition) is 3. The Balaban J connectivity index is 2.03. The summed E-state index contributed by atoms with van der Waals surface area (Å²) in [5, 5.41) is 12.4. The van der Waals surface area contributed by atoms with Gasteiger partial charge >= 0.3 is 0 Å². The molecule has 1 aromatic rings. The standard InChI is InChI=1S/C12H13BrN2O2/c13-8-5-7-9(14-12(17)11(7)16)6-10(8)15-3-1-2-4-15/h5-6,11,16H,1-4H2,(H,14,17). The highest BCUT2D eigenvalue weighted by molar-refractivity contribution is 9.10. The Labute approximate surface area is 108 Å². The molecule has 1 fully saturated rings. The average Bonchev–Trinajstić information content (AvgIpc) is 2.90. The molecule has 2 heterocycles. The van der Waals surface area contributed by atoms with E-state index in [4.69, 9.17) is 0 Å². The fourth-order valence-electron chi connectivity index (χ4n) is 2.45. The second-order valence-corrected chi connectivity index (χ2v) is 5.33. The van der Waals surface area contributed by atoms with Crippen molar-refractivity contribution in [2.75, 3.05) is 23.3 Å². The van der Waals surface area contributed by atoms with Crippen molar-refractivity contribution in [1.29, 1.82) is 0 Å². The van der Waals surface area contributed by atoms with Crippen LogP contribution in [0.5, 0.6) is 0 Å². The van der Waals surface area contributed by atoms with E-state index in [1.807, 2.05) is 12.1 Å². The molecule has 2 aliphatic heterocycles. The summed E-state index contributed by atoms with van der Waals surface area (Å²) in [6.45, 7) is 2.10. The highest BCUT2D eigenvalue weighted by atomic mass is 79.9. The zero-order valence-corrected chi connectivity index (χ0v) is 10.8. The molecule has 0 radical (unpaired) electrons. The molecule has 90 valence electrons. The molecule has 0 aromatic heterocycles. The van der Waals surface area contributed by atoms with Crippen LogP contribution in [0.1, 0.15) is 24.5 Å². The third-order valence-corrected chi connectivity index (χ3v) is 4.00. The van der Waals surface area contributed by atoms with Gasteiger partial charge in [-0.3, -0.25) is 4.79 Å². The lowest BCUT2D eigenvalue weighted by atomic mass is 10.1. The topological polar surface area (TPSA) is 52.6 Å². The zero-order valence-electron chi connectivity index (χ0n) is 9.24. The van der Waals surface area contributed by atoms with Crippen molar-refractivity contribution in [2.24, 2.45) is 0 Å². The molecule has 1 atom stereocenters. The highest BCUT2D eigenvalue weighted by Gasteiger charge is 2.30. The van der Waals surface area contributed by atoms with Crippen LogP contribution in [0.4, 0.5) is 11.4 Å². The van der Waals surface area contributed by atoms with Gasteiger partial charge in [-0.1, -0.05) is 0 Å². The molecule has 4 nitrogen and oxygen atoms in total. The summed E-state index contributed by atoms with van der Waals surface area (Å²) in [6.07, 6.45) is 1.38. The molecule has 2 N–H and O–H groups in total. The number of benzene rings is 1. The largest absolute Gasteiger partial charge is 0.378 e. The Bertz CT molecular complexity index is 484. The number of aliphatic hydroxyl groups excluding tert-OH is 1. The number of fused-ring (bicyclic) bond motifs is 1. The van der Waals surface area contributed by atoms with E-state index >= 15 is 0 Å². The lowest BCUT2D eigenvalue weighted by Gasteiger charge is -2.20. The van der Waals surface area contributed by atoms with Crippen LogP contribution in [0.2, 0.25) is 0 Å². The Hall–Kier alpha value is -1.07. The molecule has 0 saturated carbocycles. The monoisotopic (exact) mass is 296 g/mol. The minimum Gasteiger partial charge on any atom is -0.378 e. The van der Waals surface area contributed by atoms with E-state index in [1.54, 1.807) is 0 Å². The molecule has 2 aliphatic rings. The molecular weight excluding hydrogens is 284 g/mol. The first kappa shape index (κ1) is 11.0. The summed E-state index contributed by atoms with van der Waals surface area (Å²) < 4.78 is 0.939. The van der Waals surface area contributed by atoms with E-state index in [1.165, 1.54) is 12.8 Å². The van der Waals surface area contributed by atoms with Gasteiger partial charge < -0.3 is 15.3 Å². The summed E-state index contributed by atoms with van der Waals surface area (Å²) in [5.74, 6) is -0.342. The first-order valence-electron chi connectivity index (χ1n) is 5.74. The first-order chi connectivity index (χ1) is 8.16. The maximum absolute atomic E-state index is 11.4. The molecule has 1 amide bonds. The second kappa shape index (κ2) is 3.99. The number of anilines is 2. The van der Waals surface area contributed by atoms with Gasteiger partial charge in [0.2, 0.25) is 0 Å². The van der Waals surface area contributed by atoms with Crippen molar-refractivity contribution in [2.45, 2.75) is 18.9 Å². The minimum atomic E-state index is -1.03. The lowest BCUT2D eigenvalue weighted by molar-refractivity contribution is -0.123. The van der Waals surface area contributed by atoms with Crippen molar-refractivity contribution in [1.82, 2.24) is 0 Å². The van der Waals surface area contributed by atoms with Crippen molar-refractivity contribution in [3.8, 4) is 0 Å². The lowest BCUT2D eigenvalue weighted by Crippen LogP contribution is -2.18. The molecule has 1 aromatic carbocycles. The van der Waals surface area contributed by atoms with Crippen LogP contribution in [-0.2, 0) is 4.79 Å². The van der Waals surface area contributed by atoms with Crippen LogP contribution in [0, 0.1) is 0 Å². The van der Waals surface area contributed by atoms with E-state index in [2.05, 4.69) is 26.1 Å². The van der Waals surface area contributed by atoms with Crippen molar-refractivity contribution < 1.29 is 9.90 Å². The third-order valence-electron chi connectivity index (χ3n) is 3.37. The Morgan fingerprint density at radius 3 is 2.76 bits per heavy atom. The van der Waals surface area contributed by atoms with E-state index < -0.39 is 6.10 Å². The summed E-state index contributed by atoms with van der Waals surface area (Å²) in [6, 6.07) is 3.78. The van der Waals surface area contributed by atoms with E-state index in [-0.39, 0.29) is 5.91 Å². The minimum absolute atomic E-state index is 0.342. The molecule has 1 saturated heterocycles. The molecule has 3 rings (SSSR count). The van der Waals surface area contributed by atoms with E-state index in [0.29, 0.717) is 5.56 Å². The molecule has 0 aliphatic carbocycles. The summed E-state index contributed by atoms with van der Waals surface area (Å²) in [5.41, 5.74) is 2.48. The van der Waals surface area contributed by atoms with Crippen molar-refractivity contribution in [3.63, 3.8) is 0 Å². The number of hydrogen-bond donors (Lipinski definition) is 2. The number of carbonyl (C=O) groups excluding carboxylic acids is 1. The fraction of sp³-hybridized carbons (Fsp3) is 0.417. The second-order valence-electron chi connectivity index (χ2n) is 4.48. The summed E-state index contributed by atoms with van der Waals surface area (Å²) in [7, 11) is 0. The molecule has 0 spiro atoms. The Morgan fingerprint density at radius 1 is 1.35 bits per heavy atom. The van der Waals surface area contributed by atoms with Crippen LogP contribution >= 0.6 is 15.9 Å². The van der Waals surface area contributed by atoms with Gasteiger partial charge in [0.05, 0.1) is 5.69 Å². The zero-order chi connectivity index (χ0) is 12.0. The van der Waals surface area contributed by atoms with Crippen LogP contribution in [0.3, 0.4) is 0 Å². The van der Waals surface area contributed by atoms with Gasteiger partial charge in [0.15, 0.2) is 6.10 Å². The number of halogens is 1. The summed E-state index contributed by atoms with van der Waals surface area (Å²) >= 11 is 3.52. The van der Waals surface area contributed by atoms with Gasteiger partial charge in [0, 0.05) is 28.8 Å². The van der Waals surface area contributed by atoms with E-state index in [0.717, 1.165) is 28.9 Å². The number of nitrogens with zero attached hydrogens (tertiary/aromatic N) is 1. The van der Waals surface area contributed by atoms with Gasteiger partial charge in [0.1, 0.15) is 0 Å². The van der Waals surface area contributed by atoms with Crippen molar-refractivity contribution >= 4 is 33.2 Å². The SMILES string of the molecule is O=C1Nc2cc(N3CCCC3)c(Br)cc2C1O. The predicted octanol–water partition coefficient (Wildman–Crippen LogP) is 2.03. The van der Waals surface area contributed by atoms with Crippen LogP contribution < -0.4 is 10.2 Å². The number of nitrogens with one attached hydrogen (secondary N) is 1. The number of carbonyl (C=O) groups is 1. The van der Waals surface area contributed by atoms with Gasteiger partial charge in [-0.25, -0.2) is 0 Å². The van der Waals surface area contributed by atoms with Gasteiger partial charge in [-0.05, 0) is 40.9 Å². The van der Waals surface area contributed by atoms with Crippen LogP contribution in [-0.4, -0.2) is 24.1 Å². The summed E-state index contributed by atoms with van der Waals surface area (Å²) in [4.78, 5) is 13.7. The van der Waals surface area contributed by atoms with Crippen LogP contribution in [0.25, 0.3) is 0 Å². The molecule has 1 unspecified atom stereocenters. The fourth-order valence-corrected chi connectivity index (χ4v) is 3.07. The molecule has 17 heavy (non-hydrogen) atoms. The maximum atomic E-state index is 11.4. The first-order valence-corrected chi connectivity index (χ1v) is 6.53. The molecule has 5 heteroatoms. The van der Waals surface area contributed by atoms with Gasteiger partial charge in [-0.15, -0.1) is 0 Å². The molecular formula is C12H13BrN2O2. The van der Waals surface area contributed by atoms with Crippen molar-refractivity contribution in [3.05, 3.63) is 22.2 Å². The maximum Gasteiger partial charge on any atom is 0.257 e. The number of amides is 1. The number of aliphatic hydroxyl groups is 1. The normalized spacial score (nSPS) is 22.8. The number of rotatable bonds is 1. The van der Waals surface area contributed by atoms with Gasteiger partial charge in [0.25, 0.3) is 5.91 Å². The Kier molecular flexibility index (Phi) is 2.60. The average molecular weight is 297 g/mol. The smallest absolute Gasteiger partial charge is 0.257 e. The highest BCUT2D eigenvalue weighted by Crippen LogP contribution is 2.39. The van der Waals surface area contributed by atoms with Crippen LogP contribution in [0.15, 0.2) is 16.6 Å². The van der Waals surface area contributed by atoms with Gasteiger partial charge in [-0.2, -0.15) is 0 Å². The predicted molar refractivity (Wildman–Crippen MR) is 69.2 cm³/mol. The molecule has 0 bridgehead atoms. The third kappa shape index (κ3) is 1.73. The quantitative estimate of drug-likeness (QED) is 0.834. The van der Waals surface area contributed by atoms with E-state index in [9.17, 15) is 9.90 Å².